The van der Waals surface area contributed by atoms with Gasteiger partial charge in [-0.2, -0.15) is 0 Å². The van der Waals surface area contributed by atoms with Gasteiger partial charge in [0.05, 0.1) is 5.69 Å². The molecule has 2 heterocycles. The van der Waals surface area contributed by atoms with Crippen LogP contribution in [0.25, 0.3) is 0 Å². The third-order valence-electron chi connectivity index (χ3n) is 4.73. The molecule has 1 aromatic rings. The highest BCUT2D eigenvalue weighted by molar-refractivity contribution is 6.03. The Hall–Kier alpha value is -1.59. The predicted molar refractivity (Wildman–Crippen MR) is 83.7 cm³/mol. The van der Waals surface area contributed by atoms with Crippen LogP contribution in [0.3, 0.4) is 0 Å². The van der Waals surface area contributed by atoms with Crippen LogP contribution in [0.2, 0.25) is 0 Å². The summed E-state index contributed by atoms with van der Waals surface area (Å²) in [7, 11) is 5.97. The van der Waals surface area contributed by atoms with E-state index < -0.39 is 6.10 Å². The normalized spacial score (nSPS) is 25.7. The highest BCUT2D eigenvalue weighted by Crippen LogP contribution is 2.38. The molecule has 1 N–H and O–H groups in total. The van der Waals surface area contributed by atoms with Crippen molar-refractivity contribution < 1.29 is 9.90 Å². The maximum absolute atomic E-state index is 11.8. The largest absolute Gasteiger partial charge is 0.378 e. The fourth-order valence-corrected chi connectivity index (χ4v) is 3.30. The van der Waals surface area contributed by atoms with Crippen LogP contribution in [-0.2, 0) is 4.79 Å². The number of fused-ring (bicyclic) bond motifs is 1. The molecule has 1 fully saturated rings. The first-order chi connectivity index (χ1) is 9.99. The lowest BCUT2D eigenvalue weighted by atomic mass is 10.0. The van der Waals surface area contributed by atoms with Crippen LogP contribution in [0, 0.1) is 0 Å². The number of likely N-dealkylation sites (N-methyl/N-ethyl adjacent to an activating group) is 2. The average molecular weight is 289 g/mol. The van der Waals surface area contributed by atoms with Gasteiger partial charge in [0, 0.05) is 37.4 Å². The molecule has 0 aromatic heterocycles. The second kappa shape index (κ2) is 5.31. The van der Waals surface area contributed by atoms with Gasteiger partial charge in [-0.15, -0.1) is 0 Å². The number of aliphatic hydroxyl groups excluding tert-OH is 1. The van der Waals surface area contributed by atoms with Crippen LogP contribution in [0.5, 0.6) is 0 Å². The molecule has 1 aromatic carbocycles. The number of piperidine rings is 1. The minimum atomic E-state index is -1.00. The Morgan fingerprint density at radius 2 is 2.10 bits per heavy atom. The van der Waals surface area contributed by atoms with E-state index in [9.17, 15) is 9.90 Å². The SMILES string of the molecule is CN1C(=O)C(O)c2ccc(N3CCCC(N(C)C)C3)cc21. The molecule has 114 valence electrons. The smallest absolute Gasteiger partial charge is 0.260 e. The van der Waals surface area contributed by atoms with Crippen molar-refractivity contribution in [3.63, 3.8) is 0 Å². The lowest BCUT2D eigenvalue weighted by Gasteiger charge is -2.37. The van der Waals surface area contributed by atoms with Crippen molar-refractivity contribution in [1.82, 2.24) is 4.90 Å². The monoisotopic (exact) mass is 289 g/mol. The molecule has 0 radical (unpaired) electrons. The molecule has 21 heavy (non-hydrogen) atoms. The zero-order valence-corrected chi connectivity index (χ0v) is 12.9. The fourth-order valence-electron chi connectivity index (χ4n) is 3.30. The molecule has 1 amide bonds. The Bertz CT molecular complexity index is 558. The molecule has 3 rings (SSSR count). The molecule has 1 saturated heterocycles. The Labute approximate surface area is 125 Å². The number of anilines is 2. The number of carbonyl (C=O) groups excluding carboxylic acids is 1. The minimum Gasteiger partial charge on any atom is -0.378 e. The summed E-state index contributed by atoms with van der Waals surface area (Å²) in [6.45, 7) is 2.05. The van der Waals surface area contributed by atoms with E-state index in [1.807, 2.05) is 18.2 Å². The van der Waals surface area contributed by atoms with E-state index in [2.05, 4.69) is 23.9 Å². The minimum absolute atomic E-state index is 0.244. The molecule has 2 aliphatic heterocycles. The summed E-state index contributed by atoms with van der Waals surface area (Å²) >= 11 is 0. The first kappa shape index (κ1) is 14.4. The number of rotatable bonds is 2. The standard InChI is InChI=1S/C16H23N3O2/c1-17(2)12-5-4-8-19(10-12)11-6-7-13-14(9-11)18(3)16(21)15(13)20/h6-7,9,12,15,20H,4-5,8,10H2,1-3H3. The van der Waals surface area contributed by atoms with Crippen molar-refractivity contribution >= 4 is 17.3 Å². The van der Waals surface area contributed by atoms with E-state index in [-0.39, 0.29) is 5.91 Å². The van der Waals surface area contributed by atoms with Gasteiger partial charge < -0.3 is 19.8 Å². The number of benzene rings is 1. The van der Waals surface area contributed by atoms with Crippen molar-refractivity contribution in [3.05, 3.63) is 23.8 Å². The van der Waals surface area contributed by atoms with E-state index in [4.69, 9.17) is 0 Å². The molecular formula is C16H23N3O2. The predicted octanol–water partition coefficient (Wildman–Crippen LogP) is 1.23. The van der Waals surface area contributed by atoms with Gasteiger partial charge in [-0.3, -0.25) is 4.79 Å². The second-order valence-electron chi connectivity index (χ2n) is 6.25. The lowest BCUT2D eigenvalue weighted by Crippen LogP contribution is -2.45. The Kier molecular flexibility index (Phi) is 3.63. The van der Waals surface area contributed by atoms with Crippen LogP contribution in [0.15, 0.2) is 18.2 Å². The van der Waals surface area contributed by atoms with Crippen molar-refractivity contribution in [3.8, 4) is 0 Å². The zero-order valence-electron chi connectivity index (χ0n) is 12.9. The van der Waals surface area contributed by atoms with Gasteiger partial charge >= 0.3 is 0 Å². The van der Waals surface area contributed by atoms with Crippen LogP contribution < -0.4 is 9.80 Å². The highest BCUT2D eigenvalue weighted by atomic mass is 16.3. The van der Waals surface area contributed by atoms with Gasteiger partial charge in [0.2, 0.25) is 0 Å². The fraction of sp³-hybridized carbons (Fsp3) is 0.562. The number of nitrogens with zero attached hydrogens (tertiary/aromatic N) is 3. The molecule has 5 nitrogen and oxygen atoms in total. The first-order valence-corrected chi connectivity index (χ1v) is 7.50. The quantitative estimate of drug-likeness (QED) is 0.889. The number of carbonyl (C=O) groups is 1. The van der Waals surface area contributed by atoms with E-state index >= 15 is 0 Å². The van der Waals surface area contributed by atoms with Gasteiger partial charge in [0.1, 0.15) is 0 Å². The Balaban J connectivity index is 1.86. The molecule has 5 heteroatoms. The molecule has 2 unspecified atom stereocenters. The van der Waals surface area contributed by atoms with Crippen LogP contribution in [-0.4, -0.2) is 56.2 Å². The van der Waals surface area contributed by atoms with E-state index in [1.54, 1.807) is 11.9 Å². The van der Waals surface area contributed by atoms with Crippen molar-refractivity contribution in [2.75, 3.05) is 44.0 Å². The molecule has 2 atom stereocenters. The summed E-state index contributed by atoms with van der Waals surface area (Å²) in [5.74, 6) is -0.244. The van der Waals surface area contributed by atoms with Crippen molar-refractivity contribution in [2.45, 2.75) is 25.0 Å². The molecular weight excluding hydrogens is 266 g/mol. The van der Waals surface area contributed by atoms with Gasteiger partial charge in [0.25, 0.3) is 5.91 Å². The number of aliphatic hydroxyl groups is 1. The Morgan fingerprint density at radius 3 is 2.81 bits per heavy atom. The van der Waals surface area contributed by atoms with Crippen LogP contribution in [0.1, 0.15) is 24.5 Å². The van der Waals surface area contributed by atoms with Gasteiger partial charge in [-0.25, -0.2) is 0 Å². The molecule has 0 aliphatic carbocycles. The molecule has 2 aliphatic rings. The number of amides is 1. The van der Waals surface area contributed by atoms with Gasteiger partial charge in [-0.05, 0) is 39.1 Å². The maximum atomic E-state index is 11.8. The maximum Gasteiger partial charge on any atom is 0.260 e. The third-order valence-corrected chi connectivity index (χ3v) is 4.73. The summed E-state index contributed by atoms with van der Waals surface area (Å²) < 4.78 is 0. The highest BCUT2D eigenvalue weighted by Gasteiger charge is 2.34. The van der Waals surface area contributed by atoms with Crippen LogP contribution in [0.4, 0.5) is 11.4 Å². The average Bonchev–Trinajstić information content (AvgIpc) is 2.72. The topological polar surface area (TPSA) is 47.0 Å². The lowest BCUT2D eigenvalue weighted by molar-refractivity contribution is -0.125. The number of hydrogen-bond acceptors (Lipinski definition) is 4. The number of hydrogen-bond donors (Lipinski definition) is 1. The van der Waals surface area contributed by atoms with Crippen LogP contribution >= 0.6 is 0 Å². The second-order valence-corrected chi connectivity index (χ2v) is 6.25. The van der Waals surface area contributed by atoms with E-state index in [0.29, 0.717) is 11.6 Å². The van der Waals surface area contributed by atoms with Crippen molar-refractivity contribution in [1.29, 1.82) is 0 Å². The summed E-state index contributed by atoms with van der Waals surface area (Å²) in [6.07, 6.45) is 1.40. The summed E-state index contributed by atoms with van der Waals surface area (Å²) in [5.41, 5.74) is 2.68. The van der Waals surface area contributed by atoms with Crippen molar-refractivity contribution in [2.24, 2.45) is 0 Å². The first-order valence-electron chi connectivity index (χ1n) is 7.50. The van der Waals surface area contributed by atoms with E-state index in [0.717, 1.165) is 24.5 Å². The molecule has 0 spiro atoms. The van der Waals surface area contributed by atoms with Gasteiger partial charge in [-0.1, -0.05) is 6.07 Å². The molecule has 0 bridgehead atoms. The summed E-state index contributed by atoms with van der Waals surface area (Å²) in [4.78, 5) is 18.0. The van der Waals surface area contributed by atoms with E-state index in [1.165, 1.54) is 12.8 Å². The van der Waals surface area contributed by atoms with Gasteiger partial charge in [0.15, 0.2) is 6.10 Å². The third kappa shape index (κ3) is 2.40. The summed E-state index contributed by atoms with van der Waals surface area (Å²) in [6, 6.07) is 6.50. The summed E-state index contributed by atoms with van der Waals surface area (Å²) in [5, 5.41) is 9.92. The molecule has 0 saturated carbocycles. The zero-order chi connectivity index (χ0) is 15.1. The Morgan fingerprint density at radius 1 is 1.33 bits per heavy atom.